The maximum absolute atomic E-state index is 13.3. The Morgan fingerprint density at radius 2 is 1.88 bits per heavy atom. The molecule has 0 fully saturated rings. The van der Waals surface area contributed by atoms with Crippen molar-refractivity contribution < 1.29 is 14.0 Å². The van der Waals surface area contributed by atoms with Gasteiger partial charge in [0.1, 0.15) is 11.3 Å². The van der Waals surface area contributed by atoms with Crippen molar-refractivity contribution in [2.75, 3.05) is 13.6 Å². The normalized spacial score (nSPS) is 11.9. The Morgan fingerprint density at radius 3 is 2.62 bits per heavy atom. The number of aryl methyl sites for hydroxylation is 1. The third-order valence-corrected chi connectivity index (χ3v) is 5.82. The molecule has 1 atom stereocenters. The summed E-state index contributed by atoms with van der Waals surface area (Å²) in [5.41, 5.74) is 3.14. The van der Waals surface area contributed by atoms with Crippen LogP contribution in [-0.4, -0.2) is 40.9 Å². The molecule has 6 heteroatoms. The molecular weight excluding hydrogens is 402 g/mol. The Kier molecular flexibility index (Phi) is 6.40. The molecule has 4 aromatic rings. The molecule has 0 saturated carbocycles. The molecule has 32 heavy (non-hydrogen) atoms. The molecule has 0 unspecified atom stereocenters. The number of hydrogen-bond acceptors (Lipinski definition) is 3. The molecule has 2 aromatic carbocycles. The minimum Gasteiger partial charge on any atom is -0.464 e. The van der Waals surface area contributed by atoms with Gasteiger partial charge in [-0.3, -0.25) is 9.59 Å². The van der Waals surface area contributed by atoms with Gasteiger partial charge in [-0.1, -0.05) is 30.3 Å². The SMILES string of the molecule is CN(C(=O)c1ccc2occc2c1)[C@H](CCNC(=O)c1cccn1C)Cc1ccccc1. The third-order valence-electron chi connectivity index (χ3n) is 5.82. The summed E-state index contributed by atoms with van der Waals surface area (Å²) < 4.78 is 7.18. The van der Waals surface area contributed by atoms with E-state index < -0.39 is 0 Å². The number of furan rings is 1. The smallest absolute Gasteiger partial charge is 0.267 e. The van der Waals surface area contributed by atoms with Crippen LogP contribution in [-0.2, 0) is 13.5 Å². The van der Waals surface area contributed by atoms with Crippen LogP contribution < -0.4 is 5.32 Å². The molecule has 0 aliphatic rings. The van der Waals surface area contributed by atoms with Crippen molar-refractivity contribution in [1.82, 2.24) is 14.8 Å². The second-order valence-electron chi connectivity index (χ2n) is 7.98. The average Bonchev–Trinajstić information content (AvgIpc) is 3.46. The molecule has 0 aliphatic heterocycles. The number of benzene rings is 2. The van der Waals surface area contributed by atoms with Crippen molar-refractivity contribution in [3.63, 3.8) is 0 Å². The van der Waals surface area contributed by atoms with Gasteiger partial charge in [-0.2, -0.15) is 0 Å². The van der Waals surface area contributed by atoms with Crippen molar-refractivity contribution >= 4 is 22.8 Å². The van der Waals surface area contributed by atoms with E-state index in [1.54, 1.807) is 27.9 Å². The molecule has 1 N–H and O–H groups in total. The predicted octanol–water partition coefficient (Wildman–Crippen LogP) is 4.27. The lowest BCUT2D eigenvalue weighted by Crippen LogP contribution is -2.41. The van der Waals surface area contributed by atoms with E-state index in [0.29, 0.717) is 30.6 Å². The van der Waals surface area contributed by atoms with E-state index in [1.807, 2.05) is 62.8 Å². The highest BCUT2D eigenvalue weighted by Crippen LogP contribution is 2.20. The van der Waals surface area contributed by atoms with Gasteiger partial charge in [-0.25, -0.2) is 0 Å². The van der Waals surface area contributed by atoms with Crippen LogP contribution in [0.2, 0.25) is 0 Å². The fourth-order valence-corrected chi connectivity index (χ4v) is 3.93. The first kappa shape index (κ1) is 21.4. The third kappa shape index (κ3) is 4.75. The van der Waals surface area contributed by atoms with E-state index in [-0.39, 0.29) is 17.9 Å². The van der Waals surface area contributed by atoms with Crippen molar-refractivity contribution in [2.24, 2.45) is 7.05 Å². The maximum Gasteiger partial charge on any atom is 0.267 e. The van der Waals surface area contributed by atoms with Gasteiger partial charge in [0.05, 0.1) is 6.26 Å². The number of amides is 2. The number of nitrogens with zero attached hydrogens (tertiary/aromatic N) is 2. The summed E-state index contributed by atoms with van der Waals surface area (Å²) in [6, 6.07) is 21.0. The zero-order chi connectivity index (χ0) is 22.5. The molecule has 0 aliphatic carbocycles. The molecule has 2 amide bonds. The Hall–Kier alpha value is -3.80. The molecule has 6 nitrogen and oxygen atoms in total. The molecule has 164 valence electrons. The number of carbonyl (C=O) groups is 2. The van der Waals surface area contributed by atoms with Gasteiger partial charge in [-0.05, 0) is 54.8 Å². The van der Waals surface area contributed by atoms with E-state index in [0.717, 1.165) is 16.5 Å². The summed E-state index contributed by atoms with van der Waals surface area (Å²) >= 11 is 0. The van der Waals surface area contributed by atoms with Crippen LogP contribution in [0.15, 0.2) is 83.6 Å². The minimum absolute atomic E-state index is 0.0530. The number of aromatic nitrogens is 1. The van der Waals surface area contributed by atoms with Gasteiger partial charge in [0, 0.05) is 43.8 Å². The second kappa shape index (κ2) is 9.56. The van der Waals surface area contributed by atoms with E-state index >= 15 is 0 Å². The van der Waals surface area contributed by atoms with Crippen LogP contribution in [0.5, 0.6) is 0 Å². The molecule has 0 bridgehead atoms. The maximum atomic E-state index is 13.3. The standard InChI is InChI=1S/C26H27N3O3/c1-28-15-6-9-23(28)25(30)27-14-12-22(17-19-7-4-3-5-8-19)29(2)26(31)21-10-11-24-20(18-21)13-16-32-24/h3-11,13,15-16,18,22H,12,14,17H2,1-2H3,(H,27,30)/t22-/m1/s1. The Balaban J connectivity index is 1.48. The van der Waals surface area contributed by atoms with Gasteiger partial charge in [0.15, 0.2) is 0 Å². The second-order valence-corrected chi connectivity index (χ2v) is 7.98. The van der Waals surface area contributed by atoms with E-state index in [9.17, 15) is 9.59 Å². The Morgan fingerprint density at radius 1 is 1.06 bits per heavy atom. The van der Waals surface area contributed by atoms with Crippen molar-refractivity contribution in [3.8, 4) is 0 Å². The van der Waals surface area contributed by atoms with Crippen LogP contribution in [0, 0.1) is 0 Å². The lowest BCUT2D eigenvalue weighted by Gasteiger charge is -2.29. The molecule has 2 aromatic heterocycles. The van der Waals surface area contributed by atoms with Gasteiger partial charge in [-0.15, -0.1) is 0 Å². The summed E-state index contributed by atoms with van der Waals surface area (Å²) in [7, 11) is 3.67. The largest absolute Gasteiger partial charge is 0.464 e. The number of rotatable bonds is 8. The molecule has 0 spiro atoms. The fourth-order valence-electron chi connectivity index (χ4n) is 3.93. The van der Waals surface area contributed by atoms with Crippen molar-refractivity contribution in [1.29, 1.82) is 0 Å². The van der Waals surface area contributed by atoms with E-state index in [1.165, 1.54) is 0 Å². The first-order valence-corrected chi connectivity index (χ1v) is 10.7. The van der Waals surface area contributed by atoms with Crippen molar-refractivity contribution in [2.45, 2.75) is 18.9 Å². The first-order valence-electron chi connectivity index (χ1n) is 10.7. The van der Waals surface area contributed by atoms with Crippen molar-refractivity contribution in [3.05, 3.63) is 96.0 Å². The lowest BCUT2D eigenvalue weighted by atomic mass is 10.0. The Bertz CT molecular complexity index is 1210. The van der Waals surface area contributed by atoms with E-state index in [2.05, 4.69) is 17.4 Å². The summed E-state index contributed by atoms with van der Waals surface area (Å²) in [5, 5.41) is 3.89. The number of nitrogens with one attached hydrogen (secondary N) is 1. The van der Waals surface area contributed by atoms with Crippen LogP contribution in [0.25, 0.3) is 11.0 Å². The zero-order valence-corrected chi connectivity index (χ0v) is 18.3. The molecule has 0 saturated heterocycles. The summed E-state index contributed by atoms with van der Waals surface area (Å²) in [6.07, 6.45) is 4.81. The molecule has 2 heterocycles. The monoisotopic (exact) mass is 429 g/mol. The predicted molar refractivity (Wildman–Crippen MR) is 125 cm³/mol. The van der Waals surface area contributed by atoms with Gasteiger partial charge in [0.2, 0.25) is 0 Å². The number of likely N-dealkylation sites (N-methyl/N-ethyl adjacent to an activating group) is 1. The molecular formula is C26H27N3O3. The van der Waals surface area contributed by atoms with Crippen LogP contribution in [0.1, 0.15) is 32.8 Å². The number of fused-ring (bicyclic) bond motifs is 1. The van der Waals surface area contributed by atoms with Gasteiger partial charge in [0.25, 0.3) is 11.8 Å². The van der Waals surface area contributed by atoms with Gasteiger partial charge >= 0.3 is 0 Å². The zero-order valence-electron chi connectivity index (χ0n) is 18.3. The minimum atomic E-state index is -0.115. The fraction of sp³-hybridized carbons (Fsp3) is 0.231. The number of hydrogen-bond donors (Lipinski definition) is 1. The molecule has 4 rings (SSSR count). The summed E-state index contributed by atoms with van der Waals surface area (Å²) in [5.74, 6) is -0.168. The highest BCUT2D eigenvalue weighted by molar-refractivity contribution is 5.97. The van der Waals surface area contributed by atoms with Crippen LogP contribution in [0.4, 0.5) is 0 Å². The summed E-state index contributed by atoms with van der Waals surface area (Å²) in [6.45, 7) is 0.472. The van der Waals surface area contributed by atoms with E-state index in [4.69, 9.17) is 4.42 Å². The average molecular weight is 430 g/mol. The topological polar surface area (TPSA) is 67.5 Å². The quantitative estimate of drug-likeness (QED) is 0.455. The van der Waals surface area contributed by atoms with Crippen LogP contribution in [0.3, 0.4) is 0 Å². The highest BCUT2D eigenvalue weighted by atomic mass is 16.3. The highest BCUT2D eigenvalue weighted by Gasteiger charge is 2.22. The Labute approximate surface area is 187 Å². The molecule has 0 radical (unpaired) electrons. The van der Waals surface area contributed by atoms with Gasteiger partial charge < -0.3 is 19.2 Å². The summed E-state index contributed by atoms with van der Waals surface area (Å²) in [4.78, 5) is 27.5. The number of carbonyl (C=O) groups excluding carboxylic acids is 2. The first-order chi connectivity index (χ1) is 15.5. The lowest BCUT2D eigenvalue weighted by molar-refractivity contribution is 0.0723. The van der Waals surface area contributed by atoms with Crippen LogP contribution >= 0.6 is 0 Å².